The standard InChI is InChI=1S/C28H33ClN2O4S/c1-18(2)24-16-25(19(3)15-27(24)35-5)20(4)30-28(32)21-11-13-23(14-12-21)31(36(6,33)34)17-22-9-7-8-10-26(22)29/h7-16,18,20H,17H2,1-6H3,(H,30,32)/t20-/m1/s1. The normalized spacial score (nSPS) is 12.3. The maximum absolute atomic E-state index is 13.0. The van der Waals surface area contributed by atoms with Crippen LogP contribution in [-0.4, -0.2) is 27.7 Å². The Morgan fingerprint density at radius 3 is 2.22 bits per heavy atom. The Bertz CT molecular complexity index is 1340. The number of rotatable bonds is 9. The topological polar surface area (TPSA) is 75.7 Å². The fourth-order valence-electron chi connectivity index (χ4n) is 4.13. The largest absolute Gasteiger partial charge is 0.496 e. The van der Waals surface area contributed by atoms with Gasteiger partial charge in [-0.3, -0.25) is 9.10 Å². The van der Waals surface area contributed by atoms with Crippen LogP contribution < -0.4 is 14.4 Å². The van der Waals surface area contributed by atoms with Crippen LogP contribution in [0.1, 0.15) is 65.3 Å². The van der Waals surface area contributed by atoms with Crippen molar-refractivity contribution in [2.24, 2.45) is 0 Å². The lowest BCUT2D eigenvalue weighted by molar-refractivity contribution is 0.0940. The van der Waals surface area contributed by atoms with Gasteiger partial charge in [-0.2, -0.15) is 0 Å². The van der Waals surface area contributed by atoms with Gasteiger partial charge in [0.2, 0.25) is 10.0 Å². The van der Waals surface area contributed by atoms with Gasteiger partial charge >= 0.3 is 0 Å². The lowest BCUT2D eigenvalue weighted by Gasteiger charge is -2.23. The van der Waals surface area contributed by atoms with Crippen molar-refractivity contribution in [1.82, 2.24) is 5.32 Å². The van der Waals surface area contributed by atoms with Crippen molar-refractivity contribution in [3.05, 3.63) is 93.5 Å². The summed E-state index contributed by atoms with van der Waals surface area (Å²) in [4.78, 5) is 13.0. The van der Waals surface area contributed by atoms with E-state index in [2.05, 4.69) is 25.2 Å². The molecule has 0 fully saturated rings. The number of nitrogens with one attached hydrogen (secondary N) is 1. The van der Waals surface area contributed by atoms with Crippen LogP contribution in [0.4, 0.5) is 5.69 Å². The third-order valence-corrected chi connectivity index (χ3v) is 7.65. The molecule has 1 atom stereocenters. The quantitative estimate of drug-likeness (QED) is 0.357. The monoisotopic (exact) mass is 528 g/mol. The van der Waals surface area contributed by atoms with Crippen LogP contribution in [0.2, 0.25) is 5.02 Å². The van der Waals surface area contributed by atoms with Crippen LogP contribution in [-0.2, 0) is 16.6 Å². The summed E-state index contributed by atoms with van der Waals surface area (Å²) in [6.45, 7) is 8.25. The first-order valence-corrected chi connectivity index (χ1v) is 14.0. The molecule has 0 bridgehead atoms. The number of carbonyl (C=O) groups excluding carboxylic acids is 1. The molecule has 0 aromatic heterocycles. The molecule has 0 saturated heterocycles. The maximum Gasteiger partial charge on any atom is 0.251 e. The number of hydrogen-bond acceptors (Lipinski definition) is 4. The van der Waals surface area contributed by atoms with E-state index in [-0.39, 0.29) is 24.4 Å². The van der Waals surface area contributed by atoms with Gasteiger partial charge in [0.05, 0.1) is 31.6 Å². The minimum atomic E-state index is -3.58. The van der Waals surface area contributed by atoms with E-state index >= 15 is 0 Å². The van der Waals surface area contributed by atoms with Crippen LogP contribution in [0.3, 0.4) is 0 Å². The van der Waals surface area contributed by atoms with E-state index in [0.717, 1.165) is 28.7 Å². The number of sulfonamides is 1. The van der Waals surface area contributed by atoms with E-state index in [1.54, 1.807) is 49.6 Å². The number of amides is 1. The molecule has 0 unspecified atom stereocenters. The van der Waals surface area contributed by atoms with Crippen LogP contribution in [0, 0.1) is 6.92 Å². The Kier molecular flexibility index (Phi) is 8.69. The van der Waals surface area contributed by atoms with Gasteiger partial charge in [0.25, 0.3) is 5.91 Å². The Labute approximate surface area is 219 Å². The summed E-state index contributed by atoms with van der Waals surface area (Å²) in [5.74, 6) is 0.873. The first-order chi connectivity index (χ1) is 16.9. The number of carbonyl (C=O) groups is 1. The second-order valence-electron chi connectivity index (χ2n) is 9.21. The van der Waals surface area contributed by atoms with Crippen molar-refractivity contribution in [2.75, 3.05) is 17.7 Å². The minimum absolute atomic E-state index is 0.0933. The molecule has 3 aromatic carbocycles. The molecule has 0 heterocycles. The summed E-state index contributed by atoms with van der Waals surface area (Å²) in [5.41, 5.74) is 4.72. The Morgan fingerprint density at radius 1 is 1.03 bits per heavy atom. The van der Waals surface area contributed by atoms with E-state index in [9.17, 15) is 13.2 Å². The fourth-order valence-corrected chi connectivity index (χ4v) is 5.20. The van der Waals surface area contributed by atoms with Crippen molar-refractivity contribution in [3.8, 4) is 5.75 Å². The van der Waals surface area contributed by atoms with E-state index in [0.29, 0.717) is 21.8 Å². The zero-order valence-corrected chi connectivity index (χ0v) is 23.1. The molecular weight excluding hydrogens is 496 g/mol. The van der Waals surface area contributed by atoms with Crippen LogP contribution in [0.15, 0.2) is 60.7 Å². The molecule has 8 heteroatoms. The summed E-state index contributed by atoms with van der Waals surface area (Å²) in [6.07, 6.45) is 1.15. The second kappa shape index (κ2) is 11.4. The third-order valence-electron chi connectivity index (χ3n) is 6.14. The first kappa shape index (κ1) is 27.6. The molecule has 0 aliphatic heterocycles. The summed E-state index contributed by atoms with van der Waals surface area (Å²) in [7, 11) is -1.92. The Balaban J connectivity index is 1.81. The number of aryl methyl sites for hydroxylation is 1. The fraction of sp³-hybridized carbons (Fsp3) is 0.321. The van der Waals surface area contributed by atoms with Gasteiger partial charge in [-0.15, -0.1) is 0 Å². The highest BCUT2D eigenvalue weighted by molar-refractivity contribution is 7.92. The average Bonchev–Trinajstić information content (AvgIpc) is 2.82. The predicted molar refractivity (Wildman–Crippen MR) is 147 cm³/mol. The Hall–Kier alpha value is -3.03. The van der Waals surface area contributed by atoms with Crippen molar-refractivity contribution in [2.45, 2.75) is 46.2 Å². The molecule has 0 aliphatic rings. The summed E-state index contributed by atoms with van der Waals surface area (Å²) in [6, 6.07) is 17.5. The second-order valence-corrected chi connectivity index (χ2v) is 11.5. The highest BCUT2D eigenvalue weighted by Gasteiger charge is 2.21. The zero-order chi connectivity index (χ0) is 26.6. The lowest BCUT2D eigenvalue weighted by atomic mass is 9.93. The van der Waals surface area contributed by atoms with Gasteiger partial charge in [0.15, 0.2) is 0 Å². The molecule has 0 saturated carbocycles. The minimum Gasteiger partial charge on any atom is -0.496 e. The van der Waals surface area contributed by atoms with E-state index < -0.39 is 10.0 Å². The molecule has 0 radical (unpaired) electrons. The van der Waals surface area contributed by atoms with E-state index in [1.807, 2.05) is 26.0 Å². The highest BCUT2D eigenvalue weighted by Crippen LogP contribution is 2.32. The van der Waals surface area contributed by atoms with Crippen molar-refractivity contribution in [1.29, 1.82) is 0 Å². The Morgan fingerprint density at radius 2 is 1.67 bits per heavy atom. The molecule has 192 valence electrons. The van der Waals surface area contributed by atoms with Gasteiger partial charge in [-0.05, 0) is 84.5 Å². The predicted octanol–water partition coefficient (Wildman–Crippen LogP) is 6.24. The van der Waals surface area contributed by atoms with Gasteiger partial charge < -0.3 is 10.1 Å². The SMILES string of the molecule is COc1cc(C)c([C@@H](C)NC(=O)c2ccc(N(Cc3ccccc3Cl)S(C)(=O)=O)cc2)cc1C(C)C. The van der Waals surface area contributed by atoms with E-state index in [1.165, 1.54) is 4.31 Å². The van der Waals surface area contributed by atoms with Gasteiger partial charge in [0.1, 0.15) is 5.75 Å². The third kappa shape index (κ3) is 6.39. The summed E-state index contributed by atoms with van der Waals surface area (Å²) in [5, 5.41) is 3.55. The number of nitrogens with zero attached hydrogens (tertiary/aromatic N) is 1. The smallest absolute Gasteiger partial charge is 0.251 e. The number of hydrogen-bond donors (Lipinski definition) is 1. The molecule has 3 rings (SSSR count). The van der Waals surface area contributed by atoms with Crippen molar-refractivity contribution >= 4 is 33.2 Å². The first-order valence-electron chi connectivity index (χ1n) is 11.7. The van der Waals surface area contributed by atoms with Crippen molar-refractivity contribution < 1.29 is 17.9 Å². The maximum atomic E-state index is 13.0. The molecule has 1 N–H and O–H groups in total. The lowest BCUT2D eigenvalue weighted by Crippen LogP contribution is -2.30. The molecule has 1 amide bonds. The van der Waals surface area contributed by atoms with Gasteiger partial charge in [0, 0.05) is 10.6 Å². The highest BCUT2D eigenvalue weighted by atomic mass is 35.5. The number of anilines is 1. The molecule has 0 spiro atoms. The van der Waals surface area contributed by atoms with Gasteiger partial charge in [-0.25, -0.2) is 8.42 Å². The zero-order valence-electron chi connectivity index (χ0n) is 21.5. The van der Waals surface area contributed by atoms with Crippen LogP contribution >= 0.6 is 11.6 Å². The average molecular weight is 529 g/mol. The van der Waals surface area contributed by atoms with Gasteiger partial charge in [-0.1, -0.05) is 43.6 Å². The van der Waals surface area contributed by atoms with Crippen molar-refractivity contribution in [3.63, 3.8) is 0 Å². The van der Waals surface area contributed by atoms with E-state index in [4.69, 9.17) is 16.3 Å². The molecule has 36 heavy (non-hydrogen) atoms. The molecule has 0 aliphatic carbocycles. The number of halogens is 1. The summed E-state index contributed by atoms with van der Waals surface area (Å²) >= 11 is 6.25. The summed E-state index contributed by atoms with van der Waals surface area (Å²) < 4.78 is 31.8. The number of ether oxygens (including phenoxy) is 1. The molecular formula is C28H33ClN2O4S. The van der Waals surface area contributed by atoms with Crippen LogP contribution in [0.25, 0.3) is 0 Å². The van der Waals surface area contributed by atoms with Crippen LogP contribution in [0.5, 0.6) is 5.75 Å². The number of benzene rings is 3. The molecule has 6 nitrogen and oxygen atoms in total. The molecule has 3 aromatic rings. The number of methoxy groups -OCH3 is 1.